The third-order valence-electron chi connectivity index (χ3n) is 3.79. The second kappa shape index (κ2) is 6.10. The van der Waals surface area contributed by atoms with Crippen LogP contribution in [0.5, 0.6) is 0 Å². The molecule has 0 amide bonds. The Morgan fingerprint density at radius 3 is 2.73 bits per heavy atom. The molecule has 22 heavy (non-hydrogen) atoms. The molecule has 0 bridgehead atoms. The molecule has 0 saturated carbocycles. The third kappa shape index (κ3) is 2.91. The number of rotatable bonds is 4. The number of anilines is 1. The minimum absolute atomic E-state index is 0.183. The summed E-state index contributed by atoms with van der Waals surface area (Å²) in [4.78, 5) is 8.28. The summed E-state index contributed by atoms with van der Waals surface area (Å²) < 4.78 is 13.8. The van der Waals surface area contributed by atoms with Gasteiger partial charge in [-0.15, -0.1) is 0 Å². The van der Waals surface area contributed by atoms with Gasteiger partial charge in [-0.05, 0) is 43.5 Å². The normalized spacial score (nSPS) is 12.3. The van der Waals surface area contributed by atoms with Gasteiger partial charge in [-0.1, -0.05) is 30.3 Å². The van der Waals surface area contributed by atoms with E-state index in [-0.39, 0.29) is 11.9 Å². The monoisotopic (exact) mass is 295 g/mol. The Morgan fingerprint density at radius 1 is 1.09 bits per heavy atom. The van der Waals surface area contributed by atoms with Crippen LogP contribution in [0.25, 0.3) is 10.9 Å². The fourth-order valence-corrected chi connectivity index (χ4v) is 2.62. The zero-order valence-corrected chi connectivity index (χ0v) is 12.7. The molecule has 4 heteroatoms. The lowest BCUT2D eigenvalue weighted by Crippen LogP contribution is -2.19. The summed E-state index contributed by atoms with van der Waals surface area (Å²) in [5.74, 6) is 0.347. The highest BCUT2D eigenvalue weighted by Gasteiger charge is 2.11. The van der Waals surface area contributed by atoms with Crippen LogP contribution >= 0.6 is 0 Å². The van der Waals surface area contributed by atoms with Gasteiger partial charge in [0.2, 0.25) is 0 Å². The maximum Gasteiger partial charge on any atom is 0.149 e. The highest BCUT2D eigenvalue weighted by Crippen LogP contribution is 2.22. The molecule has 112 valence electrons. The van der Waals surface area contributed by atoms with Crippen molar-refractivity contribution in [1.29, 1.82) is 0 Å². The van der Waals surface area contributed by atoms with E-state index in [4.69, 9.17) is 0 Å². The summed E-state index contributed by atoms with van der Waals surface area (Å²) in [6.45, 7) is 4.21. The van der Waals surface area contributed by atoms with Crippen molar-refractivity contribution in [3.05, 3.63) is 65.7 Å². The minimum atomic E-state index is -0.325. The number of fused-ring (bicyclic) bond motifs is 1. The number of nitrogens with zero attached hydrogens (tertiary/aromatic N) is 2. The fraction of sp³-hybridized carbons (Fsp3) is 0.222. The predicted molar refractivity (Wildman–Crippen MR) is 87.5 cm³/mol. The number of hydrogen-bond acceptors (Lipinski definition) is 3. The van der Waals surface area contributed by atoms with Gasteiger partial charge in [-0.2, -0.15) is 0 Å². The number of nitrogens with one attached hydrogen (secondary N) is 1. The van der Waals surface area contributed by atoms with Crippen molar-refractivity contribution < 1.29 is 4.39 Å². The van der Waals surface area contributed by atoms with E-state index in [2.05, 4.69) is 41.3 Å². The van der Waals surface area contributed by atoms with Crippen LogP contribution in [0.3, 0.4) is 0 Å². The molecule has 0 saturated heterocycles. The van der Waals surface area contributed by atoms with Crippen molar-refractivity contribution in [3.63, 3.8) is 0 Å². The van der Waals surface area contributed by atoms with E-state index in [1.807, 2.05) is 18.2 Å². The number of aryl methyl sites for hydroxylation is 1. The average Bonchev–Trinajstić information content (AvgIpc) is 2.51. The highest BCUT2D eigenvalue weighted by molar-refractivity contribution is 5.89. The molecule has 0 aliphatic heterocycles. The molecule has 0 radical (unpaired) electrons. The van der Waals surface area contributed by atoms with Crippen molar-refractivity contribution in [2.24, 2.45) is 0 Å². The van der Waals surface area contributed by atoms with Crippen LogP contribution < -0.4 is 5.32 Å². The lowest BCUT2D eigenvalue weighted by atomic mass is 10.0. The summed E-state index contributed by atoms with van der Waals surface area (Å²) >= 11 is 0. The Kier molecular flexibility index (Phi) is 4.00. The van der Waals surface area contributed by atoms with Gasteiger partial charge in [0, 0.05) is 11.4 Å². The molecular weight excluding hydrogens is 277 g/mol. The lowest BCUT2D eigenvalue weighted by Gasteiger charge is -2.17. The van der Waals surface area contributed by atoms with Crippen molar-refractivity contribution in [2.45, 2.75) is 26.3 Å². The number of aromatic nitrogens is 2. The Morgan fingerprint density at radius 2 is 1.91 bits per heavy atom. The van der Waals surface area contributed by atoms with Gasteiger partial charge in [0.05, 0.1) is 0 Å². The van der Waals surface area contributed by atoms with Crippen LogP contribution in [0.2, 0.25) is 0 Å². The molecule has 2 aromatic carbocycles. The predicted octanol–water partition coefficient (Wildman–Crippen LogP) is 4.12. The molecule has 1 atom stereocenters. The van der Waals surface area contributed by atoms with Crippen LogP contribution in [0.15, 0.2) is 48.8 Å². The molecule has 1 unspecified atom stereocenters. The van der Waals surface area contributed by atoms with E-state index in [9.17, 15) is 4.39 Å². The first-order chi connectivity index (χ1) is 10.6. The van der Waals surface area contributed by atoms with Gasteiger partial charge in [0.15, 0.2) is 0 Å². The van der Waals surface area contributed by atoms with E-state index >= 15 is 0 Å². The Bertz CT molecular complexity index is 801. The smallest absolute Gasteiger partial charge is 0.149 e. The molecule has 0 aliphatic rings. The molecule has 0 aliphatic carbocycles. The summed E-state index contributed by atoms with van der Waals surface area (Å²) in [5.41, 5.74) is 2.92. The van der Waals surface area contributed by atoms with Crippen molar-refractivity contribution >= 4 is 16.7 Å². The first kappa shape index (κ1) is 14.4. The van der Waals surface area contributed by atoms with E-state index in [0.717, 1.165) is 6.42 Å². The maximum absolute atomic E-state index is 13.8. The van der Waals surface area contributed by atoms with Gasteiger partial charge in [-0.25, -0.2) is 14.4 Å². The van der Waals surface area contributed by atoms with Crippen molar-refractivity contribution in [3.8, 4) is 0 Å². The van der Waals surface area contributed by atoms with Crippen LogP contribution in [0.4, 0.5) is 10.2 Å². The first-order valence-electron chi connectivity index (χ1n) is 7.35. The Labute approximate surface area is 129 Å². The van der Waals surface area contributed by atoms with Crippen molar-refractivity contribution in [1.82, 2.24) is 9.97 Å². The second-order valence-electron chi connectivity index (χ2n) is 5.53. The molecule has 3 rings (SSSR count). The van der Waals surface area contributed by atoms with E-state index in [1.54, 1.807) is 6.07 Å². The summed E-state index contributed by atoms with van der Waals surface area (Å²) in [6, 6.07) is 13.4. The highest BCUT2D eigenvalue weighted by atomic mass is 19.1. The molecule has 1 aromatic heterocycles. The van der Waals surface area contributed by atoms with Gasteiger partial charge in [0.25, 0.3) is 0 Å². The van der Waals surface area contributed by atoms with Gasteiger partial charge < -0.3 is 5.32 Å². The third-order valence-corrected chi connectivity index (χ3v) is 3.79. The van der Waals surface area contributed by atoms with Crippen LogP contribution in [-0.2, 0) is 6.42 Å². The number of halogens is 1. The van der Waals surface area contributed by atoms with Gasteiger partial charge >= 0.3 is 0 Å². The number of para-hydroxylation sites is 1. The van der Waals surface area contributed by atoms with E-state index in [0.29, 0.717) is 16.7 Å². The second-order valence-corrected chi connectivity index (χ2v) is 5.53. The van der Waals surface area contributed by atoms with Crippen LogP contribution in [0, 0.1) is 12.7 Å². The Hall–Kier alpha value is -2.49. The van der Waals surface area contributed by atoms with Crippen molar-refractivity contribution in [2.75, 3.05) is 5.32 Å². The fourth-order valence-electron chi connectivity index (χ4n) is 2.62. The standard InChI is InChI=1S/C18H18FN3/c1-12-6-3-4-7-14(12)10-13(2)22-18-15-8-5-9-16(19)17(15)20-11-21-18/h3-9,11,13H,10H2,1-2H3,(H,20,21,22). The topological polar surface area (TPSA) is 37.8 Å². The molecule has 1 N–H and O–H groups in total. The van der Waals surface area contributed by atoms with Crippen LogP contribution in [0.1, 0.15) is 18.1 Å². The summed E-state index contributed by atoms with van der Waals surface area (Å²) in [7, 11) is 0. The Balaban J connectivity index is 1.84. The zero-order chi connectivity index (χ0) is 15.5. The first-order valence-corrected chi connectivity index (χ1v) is 7.35. The van der Waals surface area contributed by atoms with E-state index in [1.165, 1.54) is 23.5 Å². The van der Waals surface area contributed by atoms with Gasteiger partial charge in [0.1, 0.15) is 23.5 Å². The molecule has 3 nitrogen and oxygen atoms in total. The van der Waals surface area contributed by atoms with Crippen LogP contribution in [-0.4, -0.2) is 16.0 Å². The minimum Gasteiger partial charge on any atom is -0.367 e. The maximum atomic E-state index is 13.8. The SMILES string of the molecule is Cc1ccccc1CC(C)Nc1ncnc2c(F)cccc12. The quantitative estimate of drug-likeness (QED) is 0.786. The molecular formula is C18H18FN3. The zero-order valence-electron chi connectivity index (χ0n) is 12.7. The molecule has 1 heterocycles. The largest absolute Gasteiger partial charge is 0.367 e. The average molecular weight is 295 g/mol. The molecule has 0 fully saturated rings. The molecule has 3 aromatic rings. The number of benzene rings is 2. The summed E-state index contributed by atoms with van der Waals surface area (Å²) in [6.07, 6.45) is 2.28. The number of hydrogen-bond donors (Lipinski definition) is 1. The lowest BCUT2D eigenvalue weighted by molar-refractivity contribution is 0.636. The van der Waals surface area contributed by atoms with E-state index < -0.39 is 0 Å². The molecule has 0 spiro atoms. The summed E-state index contributed by atoms with van der Waals surface area (Å²) in [5, 5.41) is 4.08. The van der Waals surface area contributed by atoms with Gasteiger partial charge in [-0.3, -0.25) is 0 Å².